The normalized spacial score (nSPS) is 16.3. The summed E-state index contributed by atoms with van der Waals surface area (Å²) < 4.78 is 33.5. The number of hydrogen-bond donors (Lipinski definition) is 3. The quantitative estimate of drug-likeness (QED) is 0.514. The molecular weight excluding hydrogens is 465 g/mol. The number of carboxylic acid groups (broad SMARTS) is 1. The van der Waals surface area contributed by atoms with E-state index in [-0.39, 0.29) is 11.9 Å². The van der Waals surface area contributed by atoms with Crippen molar-refractivity contribution in [2.24, 2.45) is 0 Å². The number of hydrogen-bond acceptors (Lipinski definition) is 6. The number of aliphatic carboxylic acids is 1. The van der Waals surface area contributed by atoms with Gasteiger partial charge in [-0.3, -0.25) is 14.5 Å². The Morgan fingerprint density at radius 3 is 2.40 bits per heavy atom. The predicted octanol–water partition coefficient (Wildman–Crippen LogP) is 3.45. The molecule has 9 nitrogen and oxygen atoms in total. The van der Waals surface area contributed by atoms with Crippen LogP contribution in [0.15, 0.2) is 42.7 Å². The number of pyridine rings is 1. The van der Waals surface area contributed by atoms with E-state index in [9.17, 15) is 18.0 Å². The first-order valence-corrected chi connectivity index (χ1v) is 11.2. The molecule has 186 valence electrons. The largest absolute Gasteiger partial charge is 0.490 e. The third-order valence-corrected chi connectivity index (χ3v) is 5.94. The van der Waals surface area contributed by atoms with Crippen molar-refractivity contribution in [2.45, 2.75) is 31.5 Å². The number of halogens is 3. The zero-order valence-electron chi connectivity index (χ0n) is 18.8. The van der Waals surface area contributed by atoms with Crippen LogP contribution in [0.2, 0.25) is 0 Å². The Hall–Kier alpha value is -3.67. The Bertz CT molecular complexity index is 1200. The number of rotatable bonds is 4. The second-order valence-electron chi connectivity index (χ2n) is 8.31. The Morgan fingerprint density at radius 1 is 1.06 bits per heavy atom. The predicted molar refractivity (Wildman–Crippen MR) is 124 cm³/mol. The van der Waals surface area contributed by atoms with E-state index in [4.69, 9.17) is 9.90 Å². The monoisotopic (exact) mass is 490 g/mol. The molecule has 0 spiro atoms. The fourth-order valence-corrected chi connectivity index (χ4v) is 4.07. The molecule has 2 saturated heterocycles. The molecule has 12 heteroatoms. The van der Waals surface area contributed by atoms with Gasteiger partial charge in [-0.1, -0.05) is 0 Å². The van der Waals surface area contributed by atoms with Crippen LogP contribution in [0, 0.1) is 0 Å². The summed E-state index contributed by atoms with van der Waals surface area (Å²) in [4.78, 5) is 28.9. The summed E-state index contributed by atoms with van der Waals surface area (Å²) in [6.45, 7) is 3.82. The third-order valence-electron chi connectivity index (χ3n) is 5.94. The van der Waals surface area contributed by atoms with E-state index in [1.54, 1.807) is 12.3 Å². The number of amides is 1. The zero-order chi connectivity index (χ0) is 25.0. The van der Waals surface area contributed by atoms with Crippen molar-refractivity contribution < 1.29 is 27.9 Å². The van der Waals surface area contributed by atoms with Crippen LogP contribution in [0.3, 0.4) is 0 Å². The standard InChI is InChI=1S/C21H24N6O.C2HF3O2/c28-21(19-8-10-24-27(19)15-13-22-14-15)25-17-6-7-18(26-11-2-1-3-12-26)20-16(17)5-4-9-23-20;3-2(4,5)1(6)7/h4-10,15,22H,1-3,11-14H2,(H,25,28);(H,6,7). The molecule has 1 aromatic carbocycles. The first-order valence-electron chi connectivity index (χ1n) is 11.2. The van der Waals surface area contributed by atoms with E-state index in [1.165, 1.54) is 19.3 Å². The number of anilines is 2. The van der Waals surface area contributed by atoms with Crippen LogP contribution in [0.25, 0.3) is 10.9 Å². The molecule has 35 heavy (non-hydrogen) atoms. The van der Waals surface area contributed by atoms with Gasteiger partial charge in [0.2, 0.25) is 0 Å². The lowest BCUT2D eigenvalue weighted by Crippen LogP contribution is -2.45. The molecule has 0 radical (unpaired) electrons. The molecule has 2 aliphatic heterocycles. The molecular formula is C23H25F3N6O3. The summed E-state index contributed by atoms with van der Waals surface area (Å²) in [5, 5.41) is 18.7. The molecule has 0 aliphatic carbocycles. The molecule has 0 unspecified atom stereocenters. The van der Waals surface area contributed by atoms with Crippen LogP contribution in [-0.4, -0.2) is 64.1 Å². The molecule has 0 bridgehead atoms. The molecule has 2 aliphatic rings. The maximum absolute atomic E-state index is 12.9. The first-order chi connectivity index (χ1) is 16.8. The van der Waals surface area contributed by atoms with E-state index in [0.29, 0.717) is 5.69 Å². The molecule has 3 aromatic rings. The van der Waals surface area contributed by atoms with Gasteiger partial charge in [0.1, 0.15) is 5.69 Å². The third kappa shape index (κ3) is 5.53. The highest BCUT2D eigenvalue weighted by Gasteiger charge is 2.38. The second-order valence-corrected chi connectivity index (χ2v) is 8.31. The fraction of sp³-hybridized carbons (Fsp3) is 0.391. The summed E-state index contributed by atoms with van der Waals surface area (Å²) in [6.07, 6.45) is 2.15. The molecule has 2 aromatic heterocycles. The molecule has 0 atom stereocenters. The average Bonchev–Trinajstić information content (AvgIpc) is 3.28. The van der Waals surface area contributed by atoms with Gasteiger partial charge in [-0.25, -0.2) is 4.79 Å². The van der Waals surface area contributed by atoms with Gasteiger partial charge in [0.05, 0.1) is 22.9 Å². The van der Waals surface area contributed by atoms with Crippen molar-refractivity contribution in [1.82, 2.24) is 20.1 Å². The van der Waals surface area contributed by atoms with E-state index in [1.807, 2.05) is 29.1 Å². The highest BCUT2D eigenvalue weighted by atomic mass is 19.4. The number of carbonyl (C=O) groups excluding carboxylic acids is 1. The number of benzene rings is 1. The minimum atomic E-state index is -5.08. The molecule has 1 amide bonds. The zero-order valence-corrected chi connectivity index (χ0v) is 18.8. The van der Waals surface area contributed by atoms with Crippen LogP contribution in [-0.2, 0) is 4.79 Å². The lowest BCUT2D eigenvalue weighted by molar-refractivity contribution is -0.192. The Balaban J connectivity index is 0.000000364. The second kappa shape index (κ2) is 10.3. The summed E-state index contributed by atoms with van der Waals surface area (Å²) in [5.41, 5.74) is 3.47. The van der Waals surface area contributed by atoms with E-state index in [0.717, 1.165) is 48.5 Å². The number of nitrogens with one attached hydrogen (secondary N) is 2. The lowest BCUT2D eigenvalue weighted by Gasteiger charge is -2.30. The number of carbonyl (C=O) groups is 2. The molecule has 3 N–H and O–H groups in total. The highest BCUT2D eigenvalue weighted by molar-refractivity contribution is 6.09. The Kier molecular flexibility index (Phi) is 7.20. The van der Waals surface area contributed by atoms with Crippen molar-refractivity contribution in [3.8, 4) is 0 Å². The summed E-state index contributed by atoms with van der Waals surface area (Å²) >= 11 is 0. The molecule has 0 saturated carbocycles. The van der Waals surface area contributed by atoms with Crippen molar-refractivity contribution in [1.29, 1.82) is 0 Å². The van der Waals surface area contributed by atoms with E-state index in [2.05, 4.69) is 31.7 Å². The number of alkyl halides is 3. The number of carboxylic acids is 1. The van der Waals surface area contributed by atoms with Gasteiger partial charge in [-0.05, 0) is 49.6 Å². The Morgan fingerprint density at radius 2 is 1.77 bits per heavy atom. The van der Waals surface area contributed by atoms with Crippen molar-refractivity contribution in [3.05, 3.63) is 48.4 Å². The molecule has 2 fully saturated rings. The van der Waals surface area contributed by atoms with Gasteiger partial charge in [0.15, 0.2) is 0 Å². The van der Waals surface area contributed by atoms with Gasteiger partial charge in [-0.15, -0.1) is 0 Å². The van der Waals surface area contributed by atoms with Crippen LogP contribution >= 0.6 is 0 Å². The van der Waals surface area contributed by atoms with Crippen LogP contribution in [0.4, 0.5) is 24.5 Å². The van der Waals surface area contributed by atoms with Crippen molar-refractivity contribution in [2.75, 3.05) is 36.4 Å². The lowest BCUT2D eigenvalue weighted by atomic mass is 10.1. The Labute approximate surface area is 198 Å². The van der Waals surface area contributed by atoms with Gasteiger partial charge >= 0.3 is 12.1 Å². The number of piperidine rings is 1. The van der Waals surface area contributed by atoms with Gasteiger partial charge in [0, 0.05) is 44.0 Å². The summed E-state index contributed by atoms with van der Waals surface area (Å²) in [6, 6.07) is 10.0. The van der Waals surface area contributed by atoms with Crippen LogP contribution in [0.1, 0.15) is 35.8 Å². The highest BCUT2D eigenvalue weighted by Crippen LogP contribution is 2.32. The van der Waals surface area contributed by atoms with Crippen molar-refractivity contribution >= 4 is 34.2 Å². The van der Waals surface area contributed by atoms with Gasteiger partial charge in [-0.2, -0.15) is 18.3 Å². The fourth-order valence-electron chi connectivity index (χ4n) is 4.07. The number of nitrogens with zero attached hydrogens (tertiary/aromatic N) is 4. The maximum Gasteiger partial charge on any atom is 0.490 e. The summed E-state index contributed by atoms with van der Waals surface area (Å²) in [7, 11) is 0. The van der Waals surface area contributed by atoms with Crippen LogP contribution in [0.5, 0.6) is 0 Å². The smallest absolute Gasteiger partial charge is 0.475 e. The minimum absolute atomic E-state index is 0.139. The van der Waals surface area contributed by atoms with Crippen molar-refractivity contribution in [3.63, 3.8) is 0 Å². The van der Waals surface area contributed by atoms with E-state index < -0.39 is 12.1 Å². The maximum atomic E-state index is 12.9. The SMILES string of the molecule is O=C(Nc1ccc(N2CCCCC2)c2ncccc12)c1ccnn1C1CNC1.O=C(O)C(F)(F)F. The topological polar surface area (TPSA) is 112 Å². The molecule has 5 rings (SSSR count). The van der Waals surface area contributed by atoms with Gasteiger partial charge < -0.3 is 20.6 Å². The first kappa shape index (κ1) is 24.5. The van der Waals surface area contributed by atoms with Crippen LogP contribution < -0.4 is 15.5 Å². The van der Waals surface area contributed by atoms with Gasteiger partial charge in [0.25, 0.3) is 5.91 Å². The summed E-state index contributed by atoms with van der Waals surface area (Å²) in [5.74, 6) is -2.90. The molecule has 4 heterocycles. The van der Waals surface area contributed by atoms with E-state index >= 15 is 0 Å². The number of aromatic nitrogens is 3. The minimum Gasteiger partial charge on any atom is -0.475 e. The average molecular weight is 490 g/mol. The number of fused-ring (bicyclic) bond motifs is 1.